The molecule has 124 valence electrons. The zero-order valence-electron chi connectivity index (χ0n) is 13.0. The molecule has 4 rings (SSSR count). The third kappa shape index (κ3) is 2.85. The summed E-state index contributed by atoms with van der Waals surface area (Å²) in [5.74, 6) is -0.373. The van der Waals surface area contributed by atoms with Crippen molar-refractivity contribution in [3.05, 3.63) is 30.1 Å². The van der Waals surface area contributed by atoms with E-state index >= 15 is 0 Å². The summed E-state index contributed by atoms with van der Waals surface area (Å²) < 4.78 is 26.0. The van der Waals surface area contributed by atoms with Gasteiger partial charge in [0.2, 0.25) is 0 Å². The number of halogens is 1. The predicted molar refractivity (Wildman–Crippen MR) is 80.4 cm³/mol. The van der Waals surface area contributed by atoms with Crippen LogP contribution in [0.4, 0.5) is 4.39 Å². The lowest BCUT2D eigenvalue weighted by molar-refractivity contribution is -0.141. The standard InChI is InChI=1S/C17H21FN2O3/c18-17(6-7-17)16(21)20-10-14(15-13(20)5-3-9-22-15)23-11-12-4-1-2-8-19-12/h1-2,4,8,13-15H,3,5-7,9-11H2/t13-,14+,15+/m1/s1. The van der Waals surface area contributed by atoms with Gasteiger partial charge >= 0.3 is 0 Å². The molecule has 1 aromatic rings. The highest BCUT2D eigenvalue weighted by Gasteiger charge is 2.57. The second-order valence-corrected chi connectivity index (χ2v) is 6.64. The van der Waals surface area contributed by atoms with E-state index in [9.17, 15) is 9.18 Å². The van der Waals surface area contributed by atoms with Crippen LogP contribution in [0.2, 0.25) is 0 Å². The maximum absolute atomic E-state index is 14.2. The second kappa shape index (κ2) is 5.83. The molecule has 0 radical (unpaired) electrons. The minimum atomic E-state index is -1.63. The summed E-state index contributed by atoms with van der Waals surface area (Å²) in [4.78, 5) is 18.3. The third-order valence-corrected chi connectivity index (χ3v) is 4.98. The Bertz CT molecular complexity index is 578. The van der Waals surface area contributed by atoms with Crippen LogP contribution in [-0.4, -0.2) is 52.9 Å². The minimum absolute atomic E-state index is 0.0572. The molecule has 6 heteroatoms. The molecule has 1 aromatic heterocycles. The van der Waals surface area contributed by atoms with Crippen LogP contribution in [0, 0.1) is 0 Å². The van der Waals surface area contributed by atoms with Gasteiger partial charge in [-0.05, 0) is 37.8 Å². The number of fused-ring (bicyclic) bond motifs is 1. The van der Waals surface area contributed by atoms with E-state index in [-0.39, 0.29) is 24.2 Å². The van der Waals surface area contributed by atoms with Crippen LogP contribution >= 0.6 is 0 Å². The van der Waals surface area contributed by atoms with Gasteiger partial charge in [0.1, 0.15) is 12.2 Å². The molecule has 3 heterocycles. The highest BCUT2D eigenvalue weighted by atomic mass is 19.1. The van der Waals surface area contributed by atoms with Gasteiger partial charge in [0.25, 0.3) is 5.91 Å². The summed E-state index contributed by atoms with van der Waals surface area (Å²) in [6, 6.07) is 5.61. The highest BCUT2D eigenvalue weighted by Crippen LogP contribution is 2.44. The third-order valence-electron chi connectivity index (χ3n) is 4.98. The van der Waals surface area contributed by atoms with Crippen LogP contribution < -0.4 is 0 Å². The van der Waals surface area contributed by atoms with E-state index in [1.807, 2.05) is 18.2 Å². The largest absolute Gasteiger partial charge is 0.373 e. The fourth-order valence-electron chi connectivity index (χ4n) is 3.55. The van der Waals surface area contributed by atoms with Crippen molar-refractivity contribution in [3.8, 4) is 0 Å². The Morgan fingerprint density at radius 1 is 1.48 bits per heavy atom. The van der Waals surface area contributed by atoms with Crippen molar-refractivity contribution in [1.29, 1.82) is 0 Å². The normalized spacial score (nSPS) is 31.7. The molecule has 5 nitrogen and oxygen atoms in total. The number of pyridine rings is 1. The number of nitrogens with zero attached hydrogens (tertiary/aromatic N) is 2. The van der Waals surface area contributed by atoms with Crippen LogP contribution in [-0.2, 0) is 20.9 Å². The molecule has 0 spiro atoms. The van der Waals surface area contributed by atoms with Gasteiger partial charge in [0.05, 0.1) is 24.9 Å². The van der Waals surface area contributed by atoms with Gasteiger partial charge in [-0.25, -0.2) is 4.39 Å². The van der Waals surface area contributed by atoms with Crippen LogP contribution in [0.5, 0.6) is 0 Å². The Morgan fingerprint density at radius 2 is 2.35 bits per heavy atom. The number of carbonyl (C=O) groups is 1. The molecular formula is C17H21FN2O3. The molecule has 0 unspecified atom stereocenters. The van der Waals surface area contributed by atoms with E-state index in [0.717, 1.165) is 18.5 Å². The summed E-state index contributed by atoms with van der Waals surface area (Å²) in [7, 11) is 0. The number of alkyl halides is 1. The molecule has 3 aliphatic rings. The first-order valence-corrected chi connectivity index (χ1v) is 8.30. The molecule has 2 aliphatic heterocycles. The maximum Gasteiger partial charge on any atom is 0.260 e. The van der Waals surface area contributed by atoms with Gasteiger partial charge in [-0.2, -0.15) is 0 Å². The topological polar surface area (TPSA) is 51.7 Å². The lowest BCUT2D eigenvalue weighted by atomic mass is 10.0. The lowest BCUT2D eigenvalue weighted by Gasteiger charge is -2.32. The zero-order valence-corrected chi connectivity index (χ0v) is 13.0. The molecule has 2 saturated heterocycles. The Morgan fingerprint density at radius 3 is 3.09 bits per heavy atom. The fourth-order valence-corrected chi connectivity index (χ4v) is 3.55. The summed E-state index contributed by atoms with van der Waals surface area (Å²) in [6.45, 7) is 1.46. The van der Waals surface area contributed by atoms with Crippen LogP contribution in [0.1, 0.15) is 31.4 Å². The second-order valence-electron chi connectivity index (χ2n) is 6.64. The molecule has 1 aliphatic carbocycles. The number of hydrogen-bond acceptors (Lipinski definition) is 4. The molecule has 1 saturated carbocycles. The Labute approximate surface area is 134 Å². The quantitative estimate of drug-likeness (QED) is 0.850. The Hall–Kier alpha value is -1.53. The molecule has 23 heavy (non-hydrogen) atoms. The van der Waals surface area contributed by atoms with Crippen LogP contribution in [0.3, 0.4) is 0 Å². The van der Waals surface area contributed by atoms with Gasteiger partial charge in [-0.1, -0.05) is 6.07 Å². The average Bonchev–Trinajstić information content (AvgIpc) is 3.24. The van der Waals surface area contributed by atoms with E-state index in [2.05, 4.69) is 4.98 Å². The first-order chi connectivity index (χ1) is 11.2. The van der Waals surface area contributed by atoms with Gasteiger partial charge in [-0.15, -0.1) is 0 Å². The molecule has 0 aromatic carbocycles. The van der Waals surface area contributed by atoms with Crippen molar-refractivity contribution >= 4 is 5.91 Å². The average molecular weight is 320 g/mol. The molecule has 0 N–H and O–H groups in total. The van der Waals surface area contributed by atoms with Crippen molar-refractivity contribution in [1.82, 2.24) is 9.88 Å². The number of likely N-dealkylation sites (tertiary alicyclic amines) is 1. The molecule has 3 atom stereocenters. The molecule has 0 bridgehead atoms. The smallest absolute Gasteiger partial charge is 0.260 e. The number of amides is 1. The summed E-state index contributed by atoms with van der Waals surface area (Å²) >= 11 is 0. The van der Waals surface area contributed by atoms with E-state index in [4.69, 9.17) is 9.47 Å². The predicted octanol–water partition coefficient (Wildman–Crippen LogP) is 1.86. The Kier molecular flexibility index (Phi) is 3.81. The van der Waals surface area contributed by atoms with Crippen molar-refractivity contribution in [2.75, 3.05) is 13.2 Å². The van der Waals surface area contributed by atoms with Gasteiger partial charge in [0, 0.05) is 12.8 Å². The maximum atomic E-state index is 14.2. The number of carbonyl (C=O) groups excluding carboxylic acids is 1. The van der Waals surface area contributed by atoms with Crippen LogP contribution in [0.25, 0.3) is 0 Å². The van der Waals surface area contributed by atoms with Crippen molar-refractivity contribution < 1.29 is 18.7 Å². The van der Waals surface area contributed by atoms with Gasteiger partial charge in [0.15, 0.2) is 5.67 Å². The summed E-state index contributed by atoms with van der Waals surface area (Å²) in [5, 5.41) is 0. The monoisotopic (exact) mass is 320 g/mol. The highest BCUT2D eigenvalue weighted by molar-refractivity contribution is 5.88. The summed E-state index contributed by atoms with van der Waals surface area (Å²) in [6.07, 6.45) is 3.81. The van der Waals surface area contributed by atoms with E-state index in [1.165, 1.54) is 0 Å². The van der Waals surface area contributed by atoms with Crippen molar-refractivity contribution in [3.63, 3.8) is 0 Å². The SMILES string of the molecule is O=C(N1C[C@H](OCc2ccccn2)[C@H]2OCCC[C@H]21)C1(F)CC1. The fraction of sp³-hybridized carbons (Fsp3) is 0.647. The van der Waals surface area contributed by atoms with Crippen molar-refractivity contribution in [2.24, 2.45) is 0 Å². The Balaban J connectivity index is 1.45. The summed E-state index contributed by atoms with van der Waals surface area (Å²) in [5.41, 5.74) is -0.786. The minimum Gasteiger partial charge on any atom is -0.373 e. The van der Waals surface area contributed by atoms with E-state index < -0.39 is 5.67 Å². The molecular weight excluding hydrogens is 299 g/mol. The first kappa shape index (κ1) is 15.0. The number of aromatic nitrogens is 1. The lowest BCUT2D eigenvalue weighted by Crippen LogP contribution is -2.46. The first-order valence-electron chi connectivity index (χ1n) is 8.30. The van der Waals surface area contributed by atoms with Gasteiger partial charge < -0.3 is 14.4 Å². The molecule has 3 fully saturated rings. The van der Waals surface area contributed by atoms with Gasteiger partial charge in [-0.3, -0.25) is 9.78 Å². The van der Waals surface area contributed by atoms with Crippen LogP contribution in [0.15, 0.2) is 24.4 Å². The zero-order chi connectivity index (χ0) is 15.9. The number of ether oxygens (including phenoxy) is 2. The van der Waals surface area contributed by atoms with Crippen molar-refractivity contribution in [2.45, 2.75) is 56.2 Å². The van der Waals surface area contributed by atoms with E-state index in [0.29, 0.717) is 32.6 Å². The molecule has 1 amide bonds. The number of rotatable bonds is 4. The number of hydrogen-bond donors (Lipinski definition) is 0. The van der Waals surface area contributed by atoms with E-state index in [1.54, 1.807) is 11.1 Å².